The lowest BCUT2D eigenvalue weighted by Crippen LogP contribution is -2.09. The van der Waals surface area contributed by atoms with Crippen molar-refractivity contribution in [3.05, 3.63) is 41.0 Å². The molecule has 2 aromatic rings. The second-order valence-electron chi connectivity index (χ2n) is 4.38. The molecule has 0 saturated carbocycles. The summed E-state index contributed by atoms with van der Waals surface area (Å²) in [5.41, 5.74) is 6.70. The zero-order valence-electron chi connectivity index (χ0n) is 11.3. The van der Waals surface area contributed by atoms with E-state index in [0.717, 1.165) is 18.7 Å². The predicted molar refractivity (Wildman–Crippen MR) is 81.2 cm³/mol. The van der Waals surface area contributed by atoms with Gasteiger partial charge in [0.25, 0.3) is 0 Å². The Kier molecular flexibility index (Phi) is 5.01. The van der Waals surface area contributed by atoms with Crippen LogP contribution < -0.4 is 15.8 Å². The largest absolute Gasteiger partial charge is 0.494 e. The van der Waals surface area contributed by atoms with Crippen molar-refractivity contribution in [2.75, 3.05) is 24.2 Å². The topological polar surface area (TPSA) is 73.1 Å². The number of nitrogens with two attached hydrogens (primary N) is 1. The average Bonchev–Trinajstić information content (AvgIpc) is 2.37. The number of nitrogens with zero attached hydrogens (tertiary/aromatic N) is 2. The maximum absolute atomic E-state index is 5.79. The fraction of sp³-hybridized carbons (Fsp3) is 0.286. The molecule has 0 fully saturated rings. The van der Waals surface area contributed by atoms with Crippen molar-refractivity contribution in [1.29, 1.82) is 0 Å². The number of nitrogen functional groups attached to an aromatic ring is 1. The number of halogens is 1. The van der Waals surface area contributed by atoms with Crippen molar-refractivity contribution in [2.24, 2.45) is 0 Å². The Morgan fingerprint density at radius 2 is 2.15 bits per heavy atom. The summed E-state index contributed by atoms with van der Waals surface area (Å²) >= 11 is 5.79. The van der Waals surface area contributed by atoms with E-state index in [4.69, 9.17) is 22.1 Å². The lowest BCUT2D eigenvalue weighted by atomic mass is 10.2. The number of hydrogen-bond donors (Lipinski definition) is 2. The van der Waals surface area contributed by atoms with Gasteiger partial charge in [0.15, 0.2) is 0 Å². The van der Waals surface area contributed by atoms with Gasteiger partial charge >= 0.3 is 0 Å². The van der Waals surface area contributed by atoms with E-state index in [1.54, 1.807) is 6.07 Å². The Morgan fingerprint density at radius 3 is 2.90 bits per heavy atom. The zero-order chi connectivity index (χ0) is 14.4. The first-order valence-corrected chi connectivity index (χ1v) is 6.75. The fourth-order valence-corrected chi connectivity index (χ4v) is 1.90. The van der Waals surface area contributed by atoms with Crippen LogP contribution in [0.2, 0.25) is 5.15 Å². The maximum atomic E-state index is 5.79. The summed E-state index contributed by atoms with van der Waals surface area (Å²) in [5.74, 6) is 1.67. The Hall–Kier alpha value is -2.01. The number of nitrogens with one attached hydrogen (secondary N) is 1. The highest BCUT2D eigenvalue weighted by molar-refractivity contribution is 6.29. The third kappa shape index (κ3) is 4.59. The summed E-state index contributed by atoms with van der Waals surface area (Å²) in [5, 5.41) is 3.46. The molecule has 1 aromatic heterocycles. The molecular formula is C14H17ClN4O. The van der Waals surface area contributed by atoms with Crippen LogP contribution in [0.3, 0.4) is 0 Å². The summed E-state index contributed by atoms with van der Waals surface area (Å²) in [7, 11) is 0. The van der Waals surface area contributed by atoms with Gasteiger partial charge in [-0.05, 0) is 31.0 Å². The van der Waals surface area contributed by atoms with E-state index in [1.165, 1.54) is 5.56 Å². The molecule has 20 heavy (non-hydrogen) atoms. The molecule has 0 aliphatic rings. The van der Waals surface area contributed by atoms with E-state index in [0.29, 0.717) is 17.6 Å². The van der Waals surface area contributed by atoms with Crippen molar-refractivity contribution in [3.8, 4) is 5.75 Å². The van der Waals surface area contributed by atoms with Crippen LogP contribution in [0.5, 0.6) is 5.75 Å². The fourth-order valence-electron chi connectivity index (χ4n) is 1.71. The highest BCUT2D eigenvalue weighted by atomic mass is 35.5. The molecule has 0 unspecified atom stereocenters. The molecule has 0 bridgehead atoms. The number of benzene rings is 1. The molecule has 3 N–H and O–H groups in total. The van der Waals surface area contributed by atoms with Gasteiger partial charge < -0.3 is 15.8 Å². The van der Waals surface area contributed by atoms with Crippen LogP contribution in [0.25, 0.3) is 0 Å². The van der Waals surface area contributed by atoms with E-state index < -0.39 is 0 Å². The Balaban J connectivity index is 1.71. The van der Waals surface area contributed by atoms with Gasteiger partial charge in [0.1, 0.15) is 16.7 Å². The minimum Gasteiger partial charge on any atom is -0.494 e. The van der Waals surface area contributed by atoms with Crippen LogP contribution in [0.15, 0.2) is 30.3 Å². The molecule has 6 heteroatoms. The first kappa shape index (κ1) is 14.4. The molecule has 0 spiro atoms. The number of anilines is 2. The molecule has 0 radical (unpaired) electrons. The maximum Gasteiger partial charge on any atom is 0.223 e. The van der Waals surface area contributed by atoms with E-state index in [2.05, 4.69) is 15.3 Å². The van der Waals surface area contributed by atoms with Gasteiger partial charge in [-0.1, -0.05) is 23.7 Å². The minimum atomic E-state index is 0.163. The van der Waals surface area contributed by atoms with Crippen LogP contribution in [-0.4, -0.2) is 23.1 Å². The second-order valence-corrected chi connectivity index (χ2v) is 4.77. The van der Waals surface area contributed by atoms with Gasteiger partial charge in [-0.15, -0.1) is 0 Å². The number of aryl methyl sites for hydroxylation is 1. The standard InChI is InChI=1S/C14H17ClN4O/c1-10-4-2-5-11(8-10)20-7-3-6-17-13-9-12(15)18-14(16)19-13/h2,4-5,8-9H,3,6-7H2,1H3,(H3,16,17,18,19). The molecule has 106 valence electrons. The van der Waals surface area contributed by atoms with Gasteiger partial charge in [0, 0.05) is 12.6 Å². The molecule has 1 aromatic carbocycles. The molecule has 0 aliphatic heterocycles. The van der Waals surface area contributed by atoms with Crippen LogP contribution in [0.1, 0.15) is 12.0 Å². The lowest BCUT2D eigenvalue weighted by molar-refractivity contribution is 0.315. The summed E-state index contributed by atoms with van der Waals surface area (Å²) in [4.78, 5) is 7.83. The molecular weight excluding hydrogens is 276 g/mol. The SMILES string of the molecule is Cc1cccc(OCCCNc2cc(Cl)nc(N)n2)c1. The third-order valence-electron chi connectivity index (χ3n) is 2.60. The van der Waals surface area contributed by atoms with Gasteiger partial charge in [-0.2, -0.15) is 4.98 Å². The summed E-state index contributed by atoms with van der Waals surface area (Å²) in [6.45, 7) is 3.39. The highest BCUT2D eigenvalue weighted by Gasteiger charge is 2.00. The first-order chi connectivity index (χ1) is 9.63. The van der Waals surface area contributed by atoms with E-state index in [-0.39, 0.29) is 5.95 Å². The van der Waals surface area contributed by atoms with E-state index >= 15 is 0 Å². The molecule has 5 nitrogen and oxygen atoms in total. The zero-order valence-corrected chi connectivity index (χ0v) is 12.0. The Bertz CT molecular complexity index is 557. The smallest absolute Gasteiger partial charge is 0.223 e. The summed E-state index contributed by atoms with van der Waals surface area (Å²) in [6.07, 6.45) is 0.843. The number of rotatable bonds is 6. The monoisotopic (exact) mass is 292 g/mol. The molecule has 0 saturated heterocycles. The van der Waals surface area contributed by atoms with E-state index in [9.17, 15) is 0 Å². The van der Waals surface area contributed by atoms with Crippen LogP contribution in [-0.2, 0) is 0 Å². The van der Waals surface area contributed by atoms with Gasteiger partial charge in [0.2, 0.25) is 5.95 Å². The molecule has 1 heterocycles. The van der Waals surface area contributed by atoms with Crippen molar-refractivity contribution in [1.82, 2.24) is 9.97 Å². The van der Waals surface area contributed by atoms with Gasteiger partial charge in [-0.3, -0.25) is 0 Å². The van der Waals surface area contributed by atoms with E-state index in [1.807, 2.05) is 31.2 Å². The molecule has 0 amide bonds. The number of hydrogen-bond acceptors (Lipinski definition) is 5. The van der Waals surface area contributed by atoms with Crippen LogP contribution >= 0.6 is 11.6 Å². The third-order valence-corrected chi connectivity index (χ3v) is 2.79. The number of aromatic nitrogens is 2. The van der Waals surface area contributed by atoms with Crippen molar-refractivity contribution in [2.45, 2.75) is 13.3 Å². The predicted octanol–water partition coefficient (Wildman–Crippen LogP) is 2.90. The van der Waals surface area contributed by atoms with Crippen molar-refractivity contribution in [3.63, 3.8) is 0 Å². The second kappa shape index (κ2) is 6.96. The molecule has 0 atom stereocenters. The van der Waals surface area contributed by atoms with Gasteiger partial charge in [-0.25, -0.2) is 4.98 Å². The lowest BCUT2D eigenvalue weighted by Gasteiger charge is -2.08. The summed E-state index contributed by atoms with van der Waals surface area (Å²) in [6, 6.07) is 9.62. The van der Waals surface area contributed by atoms with Crippen LogP contribution in [0.4, 0.5) is 11.8 Å². The quantitative estimate of drug-likeness (QED) is 0.632. The molecule has 2 rings (SSSR count). The average molecular weight is 293 g/mol. The normalized spacial score (nSPS) is 10.3. The van der Waals surface area contributed by atoms with Crippen molar-refractivity contribution < 1.29 is 4.74 Å². The summed E-state index contributed by atoms with van der Waals surface area (Å²) < 4.78 is 5.65. The van der Waals surface area contributed by atoms with Gasteiger partial charge in [0.05, 0.1) is 6.61 Å². The van der Waals surface area contributed by atoms with Crippen LogP contribution in [0, 0.1) is 6.92 Å². The Morgan fingerprint density at radius 1 is 1.30 bits per heavy atom. The Labute approximate surface area is 123 Å². The van der Waals surface area contributed by atoms with Crippen molar-refractivity contribution >= 4 is 23.4 Å². The minimum absolute atomic E-state index is 0.163. The first-order valence-electron chi connectivity index (χ1n) is 6.37. The number of ether oxygens (including phenoxy) is 1. The highest BCUT2D eigenvalue weighted by Crippen LogP contribution is 2.13. The molecule has 0 aliphatic carbocycles.